The molecule has 88 valence electrons. The molecule has 3 unspecified atom stereocenters. The largest absolute Gasteiger partial charge is 0.480 e. The zero-order valence-corrected chi connectivity index (χ0v) is 10.6. The lowest BCUT2D eigenvalue weighted by Crippen LogP contribution is -2.45. The van der Waals surface area contributed by atoms with E-state index in [1.54, 1.807) is 0 Å². The Hall–Kier alpha value is 0.390. The molecule has 0 aliphatic rings. The van der Waals surface area contributed by atoms with Crippen molar-refractivity contribution in [2.45, 2.75) is 20.5 Å². The summed E-state index contributed by atoms with van der Waals surface area (Å²) in [5.41, 5.74) is 0. The van der Waals surface area contributed by atoms with Crippen LogP contribution in [0.25, 0.3) is 0 Å². The fourth-order valence-electron chi connectivity index (χ4n) is 0.602. The van der Waals surface area contributed by atoms with Crippen molar-refractivity contribution in [1.29, 1.82) is 0 Å². The molecule has 0 aliphatic heterocycles. The maximum absolute atomic E-state index is 10.6. The number of carboxylic acids is 2. The highest BCUT2D eigenvalue weighted by atomic mass is 35.5. The molecule has 0 fully saturated rings. The molecule has 0 aliphatic carbocycles. The van der Waals surface area contributed by atoms with Gasteiger partial charge in [-0.2, -0.15) is 0 Å². The summed E-state index contributed by atoms with van der Waals surface area (Å²) in [6.07, 6.45) is 0. The molecule has 4 nitrogen and oxygen atoms in total. The number of hydrogen-bond donors (Lipinski definition) is 2. The van der Waals surface area contributed by atoms with Crippen LogP contribution in [-0.2, 0) is 9.59 Å². The van der Waals surface area contributed by atoms with Crippen molar-refractivity contribution >= 4 is 69.9 Å². The lowest BCUT2D eigenvalue weighted by atomic mass is 10.1. The van der Waals surface area contributed by atoms with Crippen LogP contribution in [-0.4, -0.2) is 42.6 Å². The first-order valence-electron chi connectivity index (χ1n) is 3.38. The van der Waals surface area contributed by atoms with Gasteiger partial charge in [0.15, 0.2) is 0 Å². The Bertz CT molecular complexity index is 268. The van der Waals surface area contributed by atoms with Crippen molar-refractivity contribution in [2.24, 2.45) is 0 Å². The van der Waals surface area contributed by atoms with Gasteiger partial charge >= 0.3 is 11.9 Å². The summed E-state index contributed by atoms with van der Waals surface area (Å²) >= 11 is 27.1. The van der Waals surface area contributed by atoms with Crippen LogP contribution in [0.1, 0.15) is 0 Å². The van der Waals surface area contributed by atoms with E-state index in [4.69, 9.17) is 68.2 Å². The molecule has 0 radical (unpaired) electrons. The van der Waals surface area contributed by atoms with Gasteiger partial charge in [-0.1, -0.05) is 23.2 Å². The highest BCUT2D eigenvalue weighted by Gasteiger charge is 2.48. The number of carboxylic acid groups (broad SMARTS) is 2. The second-order valence-electron chi connectivity index (χ2n) is 2.51. The molecule has 0 saturated carbocycles. The summed E-state index contributed by atoms with van der Waals surface area (Å²) in [4.78, 5) is 21.0. The Morgan fingerprint density at radius 2 is 1.47 bits per heavy atom. The Morgan fingerprint density at radius 1 is 1.07 bits per heavy atom. The predicted octanol–water partition coefficient (Wildman–Crippen LogP) is 2.15. The van der Waals surface area contributed by atoms with Gasteiger partial charge in [-0.3, -0.25) is 4.79 Å². The van der Waals surface area contributed by atoms with Crippen LogP contribution in [0.2, 0.25) is 0 Å². The van der Waals surface area contributed by atoms with Crippen molar-refractivity contribution in [3.63, 3.8) is 0 Å². The van der Waals surface area contributed by atoms with E-state index in [1.165, 1.54) is 0 Å². The second kappa shape index (κ2) is 5.64. The van der Waals surface area contributed by atoms with Crippen LogP contribution in [0.15, 0.2) is 0 Å². The molecule has 0 spiro atoms. The average molecular weight is 318 g/mol. The fraction of sp³-hybridized carbons (Fsp3) is 0.667. The van der Waals surface area contributed by atoms with Crippen LogP contribution in [0.3, 0.4) is 0 Å². The summed E-state index contributed by atoms with van der Waals surface area (Å²) in [5.74, 6) is -3.08. The van der Waals surface area contributed by atoms with Gasteiger partial charge in [0.2, 0.25) is 4.33 Å². The van der Waals surface area contributed by atoms with E-state index in [0.717, 1.165) is 0 Å². The van der Waals surface area contributed by atoms with Crippen molar-refractivity contribution in [3.8, 4) is 0 Å². The molecule has 2 N–H and O–H groups in total. The summed E-state index contributed by atoms with van der Waals surface area (Å²) in [6, 6.07) is 0. The Balaban J connectivity index is 4.78. The highest BCUT2D eigenvalue weighted by molar-refractivity contribution is 6.61. The Kier molecular flexibility index (Phi) is 5.79. The highest BCUT2D eigenvalue weighted by Crippen LogP contribution is 2.36. The van der Waals surface area contributed by atoms with Gasteiger partial charge in [0.05, 0.1) is 10.8 Å². The minimum Gasteiger partial charge on any atom is -0.480 e. The lowest BCUT2D eigenvalue weighted by Gasteiger charge is -2.25. The molecule has 0 amide bonds. The van der Waals surface area contributed by atoms with Crippen molar-refractivity contribution in [1.82, 2.24) is 0 Å². The Morgan fingerprint density at radius 3 is 1.73 bits per heavy atom. The van der Waals surface area contributed by atoms with Crippen LogP contribution >= 0.6 is 58.0 Å². The molecule has 0 aromatic carbocycles. The van der Waals surface area contributed by atoms with E-state index < -0.39 is 32.4 Å². The standard InChI is InChI=1S/C6H5Cl5O4/c7-1(2(8)4(12)13)3(9)6(10,11)5(14)15/h1-3H,(H,12,13)(H,14,15). The topological polar surface area (TPSA) is 74.6 Å². The summed E-state index contributed by atoms with van der Waals surface area (Å²) < 4.78 is -2.41. The normalized spacial score (nSPS) is 17.9. The van der Waals surface area contributed by atoms with Gasteiger partial charge in [0, 0.05) is 0 Å². The number of alkyl halides is 5. The fourth-order valence-corrected chi connectivity index (χ4v) is 1.76. The summed E-state index contributed by atoms with van der Waals surface area (Å²) in [6.45, 7) is 0. The average Bonchev–Trinajstić information content (AvgIpc) is 2.13. The second-order valence-corrected chi connectivity index (χ2v) is 5.34. The quantitative estimate of drug-likeness (QED) is 0.762. The molecule has 0 heterocycles. The lowest BCUT2D eigenvalue weighted by molar-refractivity contribution is -0.139. The van der Waals surface area contributed by atoms with Crippen molar-refractivity contribution in [3.05, 3.63) is 0 Å². The predicted molar refractivity (Wildman–Crippen MR) is 58.6 cm³/mol. The monoisotopic (exact) mass is 316 g/mol. The first-order chi connectivity index (χ1) is 6.62. The smallest absolute Gasteiger partial charge is 0.341 e. The van der Waals surface area contributed by atoms with Crippen LogP contribution in [0.5, 0.6) is 0 Å². The van der Waals surface area contributed by atoms with Gasteiger partial charge in [0.25, 0.3) is 0 Å². The molecule has 0 bridgehead atoms. The molecule has 9 heteroatoms. The SMILES string of the molecule is O=C(O)C(Cl)C(Cl)C(Cl)C(Cl)(Cl)C(=O)O. The Labute approximate surface area is 110 Å². The molecule has 0 aromatic rings. The molecular formula is C6H5Cl5O4. The molecule has 0 saturated heterocycles. The van der Waals surface area contributed by atoms with Gasteiger partial charge in [-0.25, -0.2) is 4.79 Å². The maximum atomic E-state index is 10.6. The van der Waals surface area contributed by atoms with E-state index in [9.17, 15) is 9.59 Å². The van der Waals surface area contributed by atoms with Crippen molar-refractivity contribution < 1.29 is 19.8 Å². The van der Waals surface area contributed by atoms with Gasteiger partial charge in [-0.15, -0.1) is 34.8 Å². The van der Waals surface area contributed by atoms with E-state index in [2.05, 4.69) is 0 Å². The van der Waals surface area contributed by atoms with Crippen molar-refractivity contribution in [2.75, 3.05) is 0 Å². The maximum Gasteiger partial charge on any atom is 0.341 e. The minimum atomic E-state index is -2.41. The van der Waals surface area contributed by atoms with Gasteiger partial charge in [-0.05, 0) is 0 Å². The minimum absolute atomic E-state index is 1.43. The number of carbonyl (C=O) groups is 2. The first kappa shape index (κ1) is 15.4. The number of halogens is 5. The van der Waals surface area contributed by atoms with E-state index in [-0.39, 0.29) is 0 Å². The third-order valence-corrected chi connectivity index (χ3v) is 4.26. The zero-order valence-electron chi connectivity index (χ0n) is 6.83. The number of hydrogen-bond acceptors (Lipinski definition) is 2. The van der Waals surface area contributed by atoms with E-state index in [0.29, 0.717) is 0 Å². The number of rotatable bonds is 5. The third-order valence-electron chi connectivity index (χ3n) is 1.43. The van der Waals surface area contributed by atoms with E-state index >= 15 is 0 Å². The number of aliphatic carboxylic acids is 2. The third kappa shape index (κ3) is 3.71. The first-order valence-corrected chi connectivity index (χ1v) is 5.45. The molecule has 0 aromatic heterocycles. The molecule has 15 heavy (non-hydrogen) atoms. The molecule has 0 rings (SSSR count). The zero-order chi connectivity index (χ0) is 12.4. The van der Waals surface area contributed by atoms with Crippen LogP contribution in [0.4, 0.5) is 0 Å². The van der Waals surface area contributed by atoms with Gasteiger partial charge < -0.3 is 10.2 Å². The summed E-state index contributed by atoms with van der Waals surface area (Å²) in [7, 11) is 0. The van der Waals surface area contributed by atoms with Gasteiger partial charge in [0.1, 0.15) is 5.38 Å². The van der Waals surface area contributed by atoms with Crippen LogP contribution < -0.4 is 0 Å². The molecule has 3 atom stereocenters. The summed E-state index contributed by atoms with van der Waals surface area (Å²) in [5, 5.41) is 12.5. The van der Waals surface area contributed by atoms with Crippen LogP contribution in [0, 0.1) is 0 Å². The molecular weight excluding hydrogens is 313 g/mol. The van der Waals surface area contributed by atoms with E-state index in [1.807, 2.05) is 0 Å².